The first-order chi connectivity index (χ1) is 12.0. The summed E-state index contributed by atoms with van der Waals surface area (Å²) < 4.78 is 43.2. The molecule has 0 spiro atoms. The summed E-state index contributed by atoms with van der Waals surface area (Å²) >= 11 is 11.8. The maximum atomic E-state index is 12.9. The predicted molar refractivity (Wildman–Crippen MR) is 90.2 cm³/mol. The second-order valence-electron chi connectivity index (χ2n) is 5.09. The number of rotatable bonds is 3. The first-order valence-electron chi connectivity index (χ1n) is 6.99. The van der Waals surface area contributed by atoms with Crippen molar-refractivity contribution in [1.82, 2.24) is 5.32 Å². The number of allylic oxidation sites excluding steroid dienone is 1. The number of carbonyl (C=O) groups excluding carboxylic acids is 2. The molecule has 1 aromatic carbocycles. The molecule has 0 saturated heterocycles. The lowest BCUT2D eigenvalue weighted by Gasteiger charge is -2.17. The van der Waals surface area contributed by atoms with Gasteiger partial charge in [0.1, 0.15) is 5.69 Å². The molecule has 140 valence electrons. The Morgan fingerprint density at radius 2 is 1.81 bits per heavy atom. The van der Waals surface area contributed by atoms with Crippen LogP contribution in [0.25, 0.3) is 0 Å². The molecule has 0 aromatic heterocycles. The van der Waals surface area contributed by atoms with Gasteiger partial charge < -0.3 is 10.1 Å². The van der Waals surface area contributed by atoms with Gasteiger partial charge in [-0.3, -0.25) is 4.79 Å². The molecule has 1 amide bonds. The van der Waals surface area contributed by atoms with Crippen LogP contribution >= 0.6 is 23.2 Å². The molecule has 0 bridgehead atoms. The van der Waals surface area contributed by atoms with E-state index in [0.717, 1.165) is 7.11 Å². The fourth-order valence-electron chi connectivity index (χ4n) is 2.19. The summed E-state index contributed by atoms with van der Waals surface area (Å²) in [5.74, 6) is -1.69. The molecule has 0 unspecified atom stereocenters. The SMILES string of the molecule is CNC(C)=C1C(=O)N(c2c(Cl)cc(C(F)(F)F)cc2Cl)N=C1C(=O)OC. The molecule has 0 aliphatic carbocycles. The first kappa shape index (κ1) is 20.1. The topological polar surface area (TPSA) is 71.0 Å². The van der Waals surface area contributed by atoms with Crippen molar-refractivity contribution in [2.75, 3.05) is 19.2 Å². The molecule has 0 fully saturated rings. The van der Waals surface area contributed by atoms with Crippen molar-refractivity contribution in [3.05, 3.63) is 39.0 Å². The van der Waals surface area contributed by atoms with Crippen molar-refractivity contribution in [1.29, 1.82) is 0 Å². The maximum Gasteiger partial charge on any atom is 0.416 e. The van der Waals surface area contributed by atoms with Gasteiger partial charge in [-0.25, -0.2) is 4.79 Å². The second kappa shape index (κ2) is 7.16. The molecular formula is C15H12Cl2F3N3O3. The van der Waals surface area contributed by atoms with Gasteiger partial charge in [-0.1, -0.05) is 23.2 Å². The van der Waals surface area contributed by atoms with Crippen LogP contribution in [-0.4, -0.2) is 31.7 Å². The highest BCUT2D eigenvalue weighted by Crippen LogP contribution is 2.42. The number of alkyl halides is 3. The summed E-state index contributed by atoms with van der Waals surface area (Å²) in [7, 11) is 2.62. The molecule has 1 heterocycles. The molecule has 11 heteroatoms. The average molecular weight is 410 g/mol. The number of ether oxygens (including phenoxy) is 1. The number of esters is 1. The molecular weight excluding hydrogens is 398 g/mol. The van der Waals surface area contributed by atoms with Gasteiger partial charge in [-0.05, 0) is 19.1 Å². The fraction of sp³-hybridized carbons (Fsp3) is 0.267. The molecule has 1 aliphatic heterocycles. The van der Waals surface area contributed by atoms with Crippen LogP contribution in [0.5, 0.6) is 0 Å². The van der Waals surface area contributed by atoms with Crippen molar-refractivity contribution >= 4 is 46.5 Å². The normalized spacial score (nSPS) is 16.5. The smallest absolute Gasteiger partial charge is 0.416 e. The molecule has 1 N–H and O–H groups in total. The summed E-state index contributed by atoms with van der Waals surface area (Å²) in [4.78, 5) is 24.6. The van der Waals surface area contributed by atoms with E-state index in [0.29, 0.717) is 22.8 Å². The van der Waals surface area contributed by atoms with E-state index in [-0.39, 0.29) is 17.0 Å². The maximum absolute atomic E-state index is 12.9. The average Bonchev–Trinajstić information content (AvgIpc) is 2.89. The van der Waals surface area contributed by atoms with Gasteiger partial charge in [0.2, 0.25) is 0 Å². The predicted octanol–water partition coefficient (Wildman–Crippen LogP) is 3.38. The van der Waals surface area contributed by atoms with Gasteiger partial charge in [0.05, 0.1) is 28.3 Å². The number of nitrogens with zero attached hydrogens (tertiary/aromatic N) is 2. The van der Waals surface area contributed by atoms with E-state index in [1.807, 2.05) is 0 Å². The number of carbonyl (C=O) groups is 2. The molecule has 1 aromatic rings. The molecule has 1 aliphatic rings. The summed E-state index contributed by atoms with van der Waals surface area (Å²) in [6.45, 7) is 1.52. The number of halogens is 5. The third-order valence-corrected chi connectivity index (χ3v) is 4.10. The van der Waals surface area contributed by atoms with Crippen LogP contribution in [0.4, 0.5) is 18.9 Å². The second-order valence-corrected chi connectivity index (χ2v) is 5.91. The van der Waals surface area contributed by atoms with Crippen LogP contribution < -0.4 is 10.3 Å². The minimum absolute atomic E-state index is 0.105. The Kier molecular flexibility index (Phi) is 5.52. The van der Waals surface area contributed by atoms with Crippen LogP contribution in [-0.2, 0) is 20.5 Å². The van der Waals surface area contributed by atoms with Gasteiger partial charge >= 0.3 is 12.1 Å². The van der Waals surface area contributed by atoms with Gasteiger partial charge in [0.15, 0.2) is 5.71 Å². The lowest BCUT2D eigenvalue weighted by molar-refractivity contribution is -0.137. The van der Waals surface area contributed by atoms with Crippen LogP contribution in [0.3, 0.4) is 0 Å². The highest BCUT2D eigenvalue weighted by Gasteiger charge is 2.40. The summed E-state index contributed by atoms with van der Waals surface area (Å²) in [6.07, 6.45) is -4.67. The Morgan fingerprint density at radius 1 is 1.27 bits per heavy atom. The lowest BCUT2D eigenvalue weighted by atomic mass is 10.1. The van der Waals surface area contributed by atoms with E-state index in [9.17, 15) is 22.8 Å². The number of methoxy groups -OCH3 is 1. The zero-order chi connectivity index (χ0) is 19.8. The van der Waals surface area contributed by atoms with Gasteiger partial charge in [-0.15, -0.1) is 0 Å². The van der Waals surface area contributed by atoms with Crippen LogP contribution in [0.1, 0.15) is 12.5 Å². The van der Waals surface area contributed by atoms with E-state index >= 15 is 0 Å². The standard InChI is InChI=1S/C15H12Cl2F3N3O3/c1-6(21-2)10-11(14(25)26-3)22-23(13(10)24)12-8(16)4-7(5-9(12)17)15(18,19)20/h4-5,21H,1-3H3. The van der Waals surface area contributed by atoms with Crippen molar-refractivity contribution in [2.24, 2.45) is 5.10 Å². The van der Waals surface area contributed by atoms with Crippen molar-refractivity contribution in [3.63, 3.8) is 0 Å². The summed E-state index contributed by atoms with van der Waals surface area (Å²) in [5, 5.41) is 6.33. The van der Waals surface area contributed by atoms with Gasteiger partial charge in [0.25, 0.3) is 5.91 Å². The number of hydrogen-bond donors (Lipinski definition) is 1. The number of benzene rings is 1. The number of hydrazone groups is 1. The molecule has 6 nitrogen and oxygen atoms in total. The van der Waals surface area contributed by atoms with Crippen molar-refractivity contribution < 1.29 is 27.5 Å². The third-order valence-electron chi connectivity index (χ3n) is 3.53. The zero-order valence-corrected chi connectivity index (χ0v) is 15.2. The summed E-state index contributed by atoms with van der Waals surface area (Å²) in [5.41, 5.74) is -1.47. The van der Waals surface area contributed by atoms with Crippen LogP contribution in [0, 0.1) is 0 Å². The monoisotopic (exact) mass is 409 g/mol. The molecule has 0 saturated carbocycles. The molecule has 26 heavy (non-hydrogen) atoms. The minimum Gasteiger partial charge on any atom is -0.464 e. The lowest BCUT2D eigenvalue weighted by Crippen LogP contribution is -2.26. The minimum atomic E-state index is -4.67. The van der Waals surface area contributed by atoms with Crippen molar-refractivity contribution in [2.45, 2.75) is 13.1 Å². The van der Waals surface area contributed by atoms with E-state index in [2.05, 4.69) is 15.2 Å². The number of hydrogen-bond acceptors (Lipinski definition) is 5. The Hall–Kier alpha value is -2.26. The number of anilines is 1. The quantitative estimate of drug-likeness (QED) is 0.613. The zero-order valence-electron chi connectivity index (χ0n) is 13.7. The highest BCUT2D eigenvalue weighted by atomic mass is 35.5. The summed E-state index contributed by atoms with van der Waals surface area (Å²) in [6, 6.07) is 1.24. The van der Waals surface area contributed by atoms with Gasteiger partial charge in [0, 0.05) is 12.7 Å². The van der Waals surface area contributed by atoms with E-state index in [4.69, 9.17) is 23.2 Å². The highest BCUT2D eigenvalue weighted by molar-refractivity contribution is 6.54. The number of amides is 1. The third kappa shape index (κ3) is 3.49. The Balaban J connectivity index is 2.64. The Morgan fingerprint density at radius 3 is 2.23 bits per heavy atom. The first-order valence-corrected chi connectivity index (χ1v) is 7.75. The van der Waals surface area contributed by atoms with Crippen LogP contribution in [0.15, 0.2) is 28.5 Å². The molecule has 2 rings (SSSR count). The number of nitrogens with one attached hydrogen (secondary N) is 1. The van der Waals surface area contributed by atoms with E-state index < -0.39 is 33.7 Å². The van der Waals surface area contributed by atoms with Crippen LogP contribution in [0.2, 0.25) is 10.0 Å². The van der Waals surface area contributed by atoms with Gasteiger partial charge in [-0.2, -0.15) is 23.3 Å². The Labute approximate surface area is 156 Å². The molecule has 0 radical (unpaired) electrons. The van der Waals surface area contributed by atoms with Crippen molar-refractivity contribution in [3.8, 4) is 0 Å². The van der Waals surface area contributed by atoms with E-state index in [1.54, 1.807) is 0 Å². The fourth-order valence-corrected chi connectivity index (χ4v) is 2.84. The Bertz CT molecular complexity index is 827. The van der Waals surface area contributed by atoms with E-state index in [1.165, 1.54) is 14.0 Å². The molecule has 0 atom stereocenters. The largest absolute Gasteiger partial charge is 0.464 e.